The summed E-state index contributed by atoms with van der Waals surface area (Å²) >= 11 is 0. The highest BCUT2D eigenvalue weighted by atomic mass is 16.6. The van der Waals surface area contributed by atoms with Gasteiger partial charge in [-0.3, -0.25) is 28.8 Å². The lowest BCUT2D eigenvalue weighted by Gasteiger charge is -2.35. The van der Waals surface area contributed by atoms with Gasteiger partial charge < -0.3 is 14.2 Å². The van der Waals surface area contributed by atoms with Crippen molar-refractivity contribution in [2.24, 2.45) is 0 Å². The molecule has 0 aromatic heterocycles. The van der Waals surface area contributed by atoms with Crippen LogP contribution in [0, 0.1) is 0 Å². The topological polar surface area (TPSA) is 137 Å². The number of amides is 3. The Labute approximate surface area is 155 Å². The Morgan fingerprint density at radius 1 is 0.926 bits per heavy atom. The van der Waals surface area contributed by atoms with Gasteiger partial charge in [0.1, 0.15) is 12.6 Å². The van der Waals surface area contributed by atoms with Crippen molar-refractivity contribution in [2.75, 3.05) is 6.61 Å². The van der Waals surface area contributed by atoms with Crippen molar-refractivity contribution in [3.63, 3.8) is 0 Å². The van der Waals surface area contributed by atoms with E-state index in [-0.39, 0.29) is 6.42 Å². The molecule has 0 N–H and O–H groups in total. The third-order valence-corrected chi connectivity index (χ3v) is 3.59. The molecule has 150 valence electrons. The minimum Gasteiger partial charge on any atom is -0.462 e. The Balaban J connectivity index is 3.31. The van der Waals surface area contributed by atoms with Crippen LogP contribution in [0.2, 0.25) is 0 Å². The van der Waals surface area contributed by atoms with Crippen LogP contribution in [0.4, 0.5) is 0 Å². The Bertz CT molecular complexity index is 660. The Morgan fingerprint density at radius 2 is 1.48 bits per heavy atom. The van der Waals surface area contributed by atoms with Gasteiger partial charge in [-0.2, -0.15) is 5.01 Å². The van der Waals surface area contributed by atoms with E-state index in [1.807, 2.05) is 0 Å². The molecule has 11 heteroatoms. The molecule has 1 rings (SSSR count). The predicted molar refractivity (Wildman–Crippen MR) is 86.2 cm³/mol. The van der Waals surface area contributed by atoms with E-state index in [1.54, 1.807) is 0 Å². The molecule has 1 heterocycles. The first-order chi connectivity index (χ1) is 12.5. The van der Waals surface area contributed by atoms with Gasteiger partial charge in [0, 0.05) is 34.6 Å². The van der Waals surface area contributed by atoms with Gasteiger partial charge in [-0.15, -0.1) is 0 Å². The quantitative estimate of drug-likeness (QED) is 0.429. The molecule has 0 unspecified atom stereocenters. The fourth-order valence-corrected chi connectivity index (χ4v) is 2.78. The second kappa shape index (κ2) is 9.10. The van der Waals surface area contributed by atoms with Crippen molar-refractivity contribution >= 4 is 35.6 Å². The standard InChI is InChI=1S/C16H22N2O9/c1-8(19)17-13(6-15(24)18(17)9(2)20)16(27-12(5)23)14(26-11(4)22)7-25-10(3)21/h13-14,16H,6-7H2,1-5H3/t13-,14+,16-/m0/s1. The first-order valence-electron chi connectivity index (χ1n) is 8.06. The van der Waals surface area contributed by atoms with Gasteiger partial charge in [0.25, 0.3) is 5.91 Å². The normalized spacial score (nSPS) is 18.6. The molecule has 0 aromatic carbocycles. The Morgan fingerprint density at radius 3 is 1.89 bits per heavy atom. The summed E-state index contributed by atoms with van der Waals surface area (Å²) in [6.45, 7) is 5.06. The second-order valence-corrected chi connectivity index (χ2v) is 5.88. The number of nitrogens with zero attached hydrogens (tertiary/aromatic N) is 2. The fraction of sp³-hybridized carbons (Fsp3) is 0.625. The van der Waals surface area contributed by atoms with Gasteiger partial charge in [-0.05, 0) is 0 Å². The Hall–Kier alpha value is -2.98. The lowest BCUT2D eigenvalue weighted by Crippen LogP contribution is -2.55. The predicted octanol–water partition coefficient (Wildman–Crippen LogP) is -0.676. The zero-order valence-electron chi connectivity index (χ0n) is 15.7. The van der Waals surface area contributed by atoms with Crippen molar-refractivity contribution in [3.8, 4) is 0 Å². The van der Waals surface area contributed by atoms with Crippen molar-refractivity contribution in [3.05, 3.63) is 0 Å². The van der Waals surface area contributed by atoms with Crippen LogP contribution in [-0.2, 0) is 43.0 Å². The monoisotopic (exact) mass is 386 g/mol. The lowest BCUT2D eigenvalue weighted by molar-refractivity contribution is -0.186. The van der Waals surface area contributed by atoms with Gasteiger partial charge in [-0.25, -0.2) is 5.01 Å². The van der Waals surface area contributed by atoms with Crippen LogP contribution in [0.25, 0.3) is 0 Å². The van der Waals surface area contributed by atoms with E-state index >= 15 is 0 Å². The number of ether oxygens (including phenoxy) is 3. The maximum Gasteiger partial charge on any atom is 0.303 e. The zero-order chi connectivity index (χ0) is 20.9. The van der Waals surface area contributed by atoms with Crippen molar-refractivity contribution in [1.29, 1.82) is 0 Å². The maximum absolute atomic E-state index is 12.2. The molecule has 1 aliphatic rings. The molecule has 3 amide bonds. The molecule has 0 saturated carbocycles. The average molecular weight is 386 g/mol. The molecule has 1 aliphatic heterocycles. The van der Waals surface area contributed by atoms with E-state index in [0.29, 0.717) is 5.01 Å². The maximum atomic E-state index is 12.2. The summed E-state index contributed by atoms with van der Waals surface area (Å²) < 4.78 is 15.1. The first kappa shape index (κ1) is 22.1. The van der Waals surface area contributed by atoms with Crippen LogP contribution in [0.1, 0.15) is 41.0 Å². The number of carbonyl (C=O) groups is 6. The van der Waals surface area contributed by atoms with E-state index in [2.05, 4.69) is 0 Å². The Kier molecular flexibility index (Phi) is 7.44. The smallest absolute Gasteiger partial charge is 0.303 e. The largest absolute Gasteiger partial charge is 0.462 e. The molecule has 11 nitrogen and oxygen atoms in total. The van der Waals surface area contributed by atoms with Crippen LogP contribution < -0.4 is 0 Å². The van der Waals surface area contributed by atoms with Crippen LogP contribution in [0.5, 0.6) is 0 Å². The highest BCUT2D eigenvalue weighted by molar-refractivity contribution is 5.98. The number of hydrogen-bond acceptors (Lipinski definition) is 9. The summed E-state index contributed by atoms with van der Waals surface area (Å²) in [6, 6.07) is -1.12. The van der Waals surface area contributed by atoms with E-state index in [9.17, 15) is 28.8 Å². The number of carbonyl (C=O) groups excluding carboxylic acids is 6. The van der Waals surface area contributed by atoms with Gasteiger partial charge in [0.2, 0.25) is 11.8 Å². The number of hydrazine groups is 1. The highest BCUT2D eigenvalue weighted by Gasteiger charge is 2.50. The molecule has 0 aliphatic carbocycles. The average Bonchev–Trinajstić information content (AvgIpc) is 2.86. The highest BCUT2D eigenvalue weighted by Crippen LogP contribution is 2.27. The number of rotatable bonds is 6. The van der Waals surface area contributed by atoms with E-state index in [1.165, 1.54) is 0 Å². The SMILES string of the molecule is CC(=O)OC[C@@H](OC(C)=O)[C@@H](OC(C)=O)[C@@H]1CC(=O)N(C(C)=O)N1C(C)=O. The number of esters is 3. The van der Waals surface area contributed by atoms with E-state index in [4.69, 9.17) is 14.2 Å². The van der Waals surface area contributed by atoms with Crippen molar-refractivity contribution in [2.45, 2.75) is 59.3 Å². The number of hydrogen-bond donors (Lipinski definition) is 0. The molecule has 0 radical (unpaired) electrons. The van der Waals surface area contributed by atoms with Gasteiger partial charge in [0.05, 0.1) is 6.42 Å². The molecule has 1 fully saturated rings. The van der Waals surface area contributed by atoms with Crippen molar-refractivity contribution in [1.82, 2.24) is 10.0 Å². The van der Waals surface area contributed by atoms with Crippen LogP contribution >= 0.6 is 0 Å². The zero-order valence-corrected chi connectivity index (χ0v) is 15.7. The third kappa shape index (κ3) is 5.76. The second-order valence-electron chi connectivity index (χ2n) is 5.88. The molecular weight excluding hydrogens is 364 g/mol. The first-order valence-corrected chi connectivity index (χ1v) is 8.06. The van der Waals surface area contributed by atoms with Crippen LogP contribution in [0.3, 0.4) is 0 Å². The van der Waals surface area contributed by atoms with E-state index in [0.717, 1.165) is 39.6 Å². The molecule has 3 atom stereocenters. The van der Waals surface area contributed by atoms with Gasteiger partial charge in [-0.1, -0.05) is 0 Å². The number of imide groups is 1. The van der Waals surface area contributed by atoms with Crippen LogP contribution in [-0.4, -0.2) is 70.5 Å². The molecule has 0 aromatic rings. The molecule has 0 bridgehead atoms. The summed E-state index contributed by atoms with van der Waals surface area (Å²) in [5, 5.41) is 1.49. The summed E-state index contributed by atoms with van der Waals surface area (Å²) in [5.74, 6) is -4.27. The molecule has 1 saturated heterocycles. The molecular formula is C16H22N2O9. The van der Waals surface area contributed by atoms with Crippen molar-refractivity contribution < 1.29 is 43.0 Å². The molecule has 27 heavy (non-hydrogen) atoms. The third-order valence-electron chi connectivity index (χ3n) is 3.59. The summed E-state index contributed by atoms with van der Waals surface area (Å²) in [7, 11) is 0. The summed E-state index contributed by atoms with van der Waals surface area (Å²) in [6.07, 6.45) is -2.99. The summed E-state index contributed by atoms with van der Waals surface area (Å²) in [4.78, 5) is 70.2. The summed E-state index contributed by atoms with van der Waals surface area (Å²) in [5.41, 5.74) is 0. The minimum absolute atomic E-state index is 0.352. The minimum atomic E-state index is -1.34. The van der Waals surface area contributed by atoms with Gasteiger partial charge >= 0.3 is 17.9 Å². The molecule has 0 spiro atoms. The van der Waals surface area contributed by atoms with Gasteiger partial charge in [0.15, 0.2) is 12.2 Å². The van der Waals surface area contributed by atoms with E-state index < -0.39 is 60.5 Å². The van der Waals surface area contributed by atoms with Crippen LogP contribution in [0.15, 0.2) is 0 Å². The lowest BCUT2D eigenvalue weighted by atomic mass is 10.0. The fourth-order valence-electron chi connectivity index (χ4n) is 2.78.